The lowest BCUT2D eigenvalue weighted by Crippen LogP contribution is -2.29. The van der Waals surface area contributed by atoms with E-state index in [2.05, 4.69) is 5.32 Å². The molecule has 20 heavy (non-hydrogen) atoms. The first kappa shape index (κ1) is 14.3. The summed E-state index contributed by atoms with van der Waals surface area (Å²) in [5.41, 5.74) is 3.24. The highest BCUT2D eigenvalue weighted by molar-refractivity contribution is 5.79. The molecule has 0 aliphatic carbocycles. The molecule has 2 aromatic rings. The average Bonchev–Trinajstić information content (AvgIpc) is 2.94. The Hall–Kier alpha value is -2.07. The Morgan fingerprint density at radius 3 is 2.85 bits per heavy atom. The van der Waals surface area contributed by atoms with E-state index in [4.69, 9.17) is 4.42 Å². The van der Waals surface area contributed by atoms with Gasteiger partial charge < -0.3 is 14.8 Å². The number of benzene rings is 1. The lowest BCUT2D eigenvalue weighted by molar-refractivity contribution is -0.120. The van der Waals surface area contributed by atoms with Crippen molar-refractivity contribution in [2.24, 2.45) is 0 Å². The van der Waals surface area contributed by atoms with Crippen LogP contribution in [0.4, 0.5) is 0 Å². The van der Waals surface area contributed by atoms with E-state index in [0.717, 1.165) is 16.7 Å². The summed E-state index contributed by atoms with van der Waals surface area (Å²) in [4.78, 5) is 11.9. The molecule has 1 aromatic carbocycles. The van der Waals surface area contributed by atoms with Gasteiger partial charge >= 0.3 is 0 Å². The number of aliphatic hydroxyl groups is 1. The van der Waals surface area contributed by atoms with Crippen LogP contribution < -0.4 is 5.32 Å². The number of hydrogen-bond donors (Lipinski definition) is 2. The molecule has 4 nitrogen and oxygen atoms in total. The second kappa shape index (κ2) is 6.39. The van der Waals surface area contributed by atoms with Crippen LogP contribution in [0, 0.1) is 13.8 Å². The van der Waals surface area contributed by atoms with E-state index in [9.17, 15) is 9.90 Å². The number of furan rings is 1. The number of carbonyl (C=O) groups is 1. The van der Waals surface area contributed by atoms with E-state index < -0.39 is 6.10 Å². The molecule has 2 rings (SSSR count). The fourth-order valence-corrected chi connectivity index (χ4v) is 2.02. The summed E-state index contributed by atoms with van der Waals surface area (Å²) in [5.74, 6) is 0.348. The predicted octanol–water partition coefficient (Wildman–Crippen LogP) is 2.29. The Bertz CT molecular complexity index is 575. The zero-order valence-corrected chi connectivity index (χ0v) is 11.7. The number of aryl methyl sites for hydroxylation is 2. The molecule has 0 bridgehead atoms. The van der Waals surface area contributed by atoms with Gasteiger partial charge in [-0.2, -0.15) is 0 Å². The lowest BCUT2D eigenvalue weighted by Gasteiger charge is -2.11. The first-order valence-corrected chi connectivity index (χ1v) is 6.60. The molecule has 0 aliphatic rings. The summed E-state index contributed by atoms with van der Waals surface area (Å²) < 4.78 is 5.08. The van der Waals surface area contributed by atoms with Gasteiger partial charge in [0.1, 0.15) is 11.9 Å². The summed E-state index contributed by atoms with van der Waals surface area (Å²) in [6, 6.07) is 9.43. The third-order valence-corrected chi connectivity index (χ3v) is 3.22. The minimum atomic E-state index is -0.812. The molecule has 1 aromatic heterocycles. The Labute approximate surface area is 118 Å². The number of aliphatic hydroxyl groups excluding tert-OH is 1. The van der Waals surface area contributed by atoms with E-state index in [1.165, 1.54) is 6.26 Å². The number of carbonyl (C=O) groups excluding carboxylic acids is 1. The van der Waals surface area contributed by atoms with E-state index in [-0.39, 0.29) is 12.5 Å². The molecule has 0 saturated carbocycles. The maximum Gasteiger partial charge on any atom is 0.224 e. The van der Waals surface area contributed by atoms with Crippen molar-refractivity contribution in [1.29, 1.82) is 0 Å². The van der Waals surface area contributed by atoms with Crippen molar-refractivity contribution < 1.29 is 14.3 Å². The van der Waals surface area contributed by atoms with Crippen molar-refractivity contribution in [3.05, 3.63) is 59.0 Å². The molecule has 2 N–H and O–H groups in total. The quantitative estimate of drug-likeness (QED) is 0.878. The number of rotatable bonds is 5. The zero-order chi connectivity index (χ0) is 14.5. The van der Waals surface area contributed by atoms with E-state index in [1.807, 2.05) is 32.0 Å². The van der Waals surface area contributed by atoms with Gasteiger partial charge in [0.05, 0.1) is 19.2 Å². The first-order chi connectivity index (χ1) is 9.56. The molecule has 1 atom stereocenters. The van der Waals surface area contributed by atoms with Gasteiger partial charge in [-0.05, 0) is 37.1 Å². The summed E-state index contributed by atoms with van der Waals surface area (Å²) in [5, 5.41) is 12.5. The molecule has 1 amide bonds. The van der Waals surface area contributed by atoms with Gasteiger partial charge in [0, 0.05) is 0 Å². The topological polar surface area (TPSA) is 62.5 Å². The number of nitrogens with one attached hydrogen (secondary N) is 1. The second-order valence-corrected chi connectivity index (χ2v) is 4.94. The zero-order valence-electron chi connectivity index (χ0n) is 11.7. The van der Waals surface area contributed by atoms with Crippen LogP contribution in [0.1, 0.15) is 28.6 Å². The summed E-state index contributed by atoms with van der Waals surface area (Å²) in [6.07, 6.45) is 1.00. The van der Waals surface area contributed by atoms with Crippen molar-refractivity contribution in [2.75, 3.05) is 6.54 Å². The molecule has 4 heteroatoms. The Balaban J connectivity index is 1.88. The second-order valence-electron chi connectivity index (χ2n) is 4.94. The smallest absolute Gasteiger partial charge is 0.224 e. The van der Waals surface area contributed by atoms with E-state index >= 15 is 0 Å². The van der Waals surface area contributed by atoms with Crippen molar-refractivity contribution in [3.8, 4) is 0 Å². The molecule has 1 heterocycles. The van der Waals surface area contributed by atoms with Crippen LogP contribution in [-0.2, 0) is 11.2 Å². The highest BCUT2D eigenvalue weighted by atomic mass is 16.4. The van der Waals surface area contributed by atoms with Gasteiger partial charge in [-0.25, -0.2) is 0 Å². The number of amides is 1. The Kier molecular flexibility index (Phi) is 4.58. The van der Waals surface area contributed by atoms with Crippen LogP contribution in [-0.4, -0.2) is 17.6 Å². The summed E-state index contributed by atoms with van der Waals surface area (Å²) in [6.45, 7) is 4.14. The maximum atomic E-state index is 11.9. The van der Waals surface area contributed by atoms with Gasteiger partial charge in [0.25, 0.3) is 0 Å². The van der Waals surface area contributed by atoms with Crippen LogP contribution in [0.3, 0.4) is 0 Å². The van der Waals surface area contributed by atoms with Crippen LogP contribution in [0.15, 0.2) is 41.0 Å². The predicted molar refractivity (Wildman–Crippen MR) is 76.3 cm³/mol. The minimum absolute atomic E-state index is 0.107. The van der Waals surface area contributed by atoms with Crippen molar-refractivity contribution >= 4 is 5.91 Å². The van der Waals surface area contributed by atoms with Crippen LogP contribution in [0.25, 0.3) is 0 Å². The molecular formula is C16H19NO3. The minimum Gasteiger partial charge on any atom is -0.467 e. The standard InChI is InChI=1S/C16H19NO3/c1-11-5-6-12(2)13(8-11)9-16(19)17-10-14(18)15-4-3-7-20-15/h3-8,14,18H,9-10H2,1-2H3,(H,17,19). The fraction of sp³-hybridized carbons (Fsp3) is 0.312. The van der Waals surface area contributed by atoms with Gasteiger partial charge in [0.15, 0.2) is 0 Å². The highest BCUT2D eigenvalue weighted by Gasteiger charge is 2.12. The fourth-order valence-electron chi connectivity index (χ4n) is 2.02. The molecule has 0 fully saturated rings. The van der Waals surface area contributed by atoms with Crippen molar-refractivity contribution in [3.63, 3.8) is 0 Å². The Morgan fingerprint density at radius 2 is 2.15 bits per heavy atom. The van der Waals surface area contributed by atoms with Crippen LogP contribution in [0.2, 0.25) is 0 Å². The maximum absolute atomic E-state index is 11.9. The molecule has 0 saturated heterocycles. The van der Waals surface area contributed by atoms with Gasteiger partial charge in [-0.1, -0.05) is 23.8 Å². The highest BCUT2D eigenvalue weighted by Crippen LogP contribution is 2.13. The monoisotopic (exact) mass is 273 g/mol. The molecule has 0 radical (unpaired) electrons. The van der Waals surface area contributed by atoms with E-state index in [0.29, 0.717) is 12.2 Å². The van der Waals surface area contributed by atoms with Gasteiger partial charge in [-0.3, -0.25) is 4.79 Å². The van der Waals surface area contributed by atoms with Crippen LogP contribution in [0.5, 0.6) is 0 Å². The van der Waals surface area contributed by atoms with Gasteiger partial charge in [0.2, 0.25) is 5.91 Å². The normalized spacial score (nSPS) is 12.2. The molecule has 0 spiro atoms. The summed E-state index contributed by atoms with van der Waals surface area (Å²) in [7, 11) is 0. The molecule has 1 unspecified atom stereocenters. The Morgan fingerprint density at radius 1 is 1.35 bits per heavy atom. The van der Waals surface area contributed by atoms with E-state index in [1.54, 1.807) is 12.1 Å². The third kappa shape index (κ3) is 3.71. The SMILES string of the molecule is Cc1ccc(C)c(CC(=O)NCC(O)c2ccco2)c1. The third-order valence-electron chi connectivity index (χ3n) is 3.22. The van der Waals surface area contributed by atoms with Crippen LogP contribution >= 0.6 is 0 Å². The molecular weight excluding hydrogens is 254 g/mol. The largest absolute Gasteiger partial charge is 0.467 e. The van der Waals surface area contributed by atoms with Crippen molar-refractivity contribution in [1.82, 2.24) is 5.32 Å². The molecule has 0 aliphatic heterocycles. The summed E-state index contributed by atoms with van der Waals surface area (Å²) >= 11 is 0. The van der Waals surface area contributed by atoms with Crippen molar-refractivity contribution in [2.45, 2.75) is 26.4 Å². The first-order valence-electron chi connectivity index (χ1n) is 6.60. The number of hydrogen-bond acceptors (Lipinski definition) is 3. The van der Waals surface area contributed by atoms with Gasteiger partial charge in [-0.15, -0.1) is 0 Å². The lowest BCUT2D eigenvalue weighted by atomic mass is 10.0. The molecule has 106 valence electrons. The average molecular weight is 273 g/mol.